The number of sulfonamides is 1. The lowest BCUT2D eigenvalue weighted by atomic mass is 10.1. The van der Waals surface area contributed by atoms with Gasteiger partial charge in [0.05, 0.1) is 21.8 Å². The summed E-state index contributed by atoms with van der Waals surface area (Å²) in [6, 6.07) is 15.5. The van der Waals surface area contributed by atoms with Gasteiger partial charge in [0.25, 0.3) is 0 Å². The molecule has 0 bridgehead atoms. The Morgan fingerprint density at radius 3 is 2.23 bits per heavy atom. The molecule has 0 radical (unpaired) electrons. The third-order valence-electron chi connectivity index (χ3n) is 4.76. The largest absolute Gasteiger partial charge is 0.496 e. The van der Waals surface area contributed by atoms with E-state index in [1.807, 2.05) is 18.2 Å². The molecule has 0 atom stereocenters. The molecule has 0 saturated carbocycles. The number of benzene rings is 3. The van der Waals surface area contributed by atoms with Gasteiger partial charge in [0.15, 0.2) is 0 Å². The second-order valence-corrected chi connectivity index (χ2v) is 10.5. The average molecular weight is 464 g/mol. The van der Waals surface area contributed by atoms with Gasteiger partial charge in [-0.15, -0.1) is 0 Å². The van der Waals surface area contributed by atoms with E-state index in [2.05, 4.69) is 4.72 Å². The van der Waals surface area contributed by atoms with Crippen molar-refractivity contribution < 1.29 is 26.0 Å². The Kier molecular flexibility index (Phi) is 6.78. The lowest BCUT2D eigenvalue weighted by Crippen LogP contribution is -2.27. The summed E-state index contributed by atoms with van der Waals surface area (Å²) in [6.07, 6.45) is 0.399. The van der Waals surface area contributed by atoms with Crippen LogP contribution in [0.4, 0.5) is 4.39 Å². The maximum atomic E-state index is 13.1. The molecule has 3 rings (SSSR count). The van der Waals surface area contributed by atoms with Crippen molar-refractivity contribution in [3.8, 4) is 5.75 Å². The van der Waals surface area contributed by atoms with Crippen LogP contribution in [0.1, 0.15) is 11.1 Å². The third-order valence-corrected chi connectivity index (χ3v) is 8.13. The number of hydrogen-bond acceptors (Lipinski definition) is 5. The Labute approximate surface area is 181 Å². The predicted molar refractivity (Wildman–Crippen MR) is 115 cm³/mol. The van der Waals surface area contributed by atoms with Gasteiger partial charge in [0, 0.05) is 6.54 Å². The van der Waals surface area contributed by atoms with Crippen LogP contribution in [0.3, 0.4) is 0 Å². The van der Waals surface area contributed by atoms with Crippen LogP contribution in [0.5, 0.6) is 5.75 Å². The van der Waals surface area contributed by atoms with Crippen molar-refractivity contribution in [2.45, 2.75) is 28.0 Å². The van der Waals surface area contributed by atoms with Crippen LogP contribution in [-0.2, 0) is 26.3 Å². The van der Waals surface area contributed by atoms with Crippen molar-refractivity contribution in [3.05, 3.63) is 83.7 Å². The van der Waals surface area contributed by atoms with Crippen LogP contribution in [0.15, 0.2) is 81.4 Å². The Bertz CT molecular complexity index is 1290. The molecule has 0 amide bonds. The molecule has 164 valence electrons. The molecule has 0 aliphatic rings. The van der Waals surface area contributed by atoms with Gasteiger partial charge in [-0.1, -0.05) is 24.3 Å². The van der Waals surface area contributed by atoms with E-state index in [1.54, 1.807) is 20.1 Å². The second kappa shape index (κ2) is 9.17. The zero-order valence-electron chi connectivity index (χ0n) is 17.0. The average Bonchev–Trinajstić information content (AvgIpc) is 2.74. The first-order valence-electron chi connectivity index (χ1n) is 9.38. The van der Waals surface area contributed by atoms with Gasteiger partial charge in [-0.05, 0) is 66.9 Å². The molecule has 0 saturated heterocycles. The van der Waals surface area contributed by atoms with Crippen LogP contribution in [-0.4, -0.2) is 30.5 Å². The monoisotopic (exact) mass is 463 g/mol. The van der Waals surface area contributed by atoms with Crippen molar-refractivity contribution >= 4 is 19.9 Å². The van der Waals surface area contributed by atoms with Crippen molar-refractivity contribution in [1.82, 2.24) is 4.72 Å². The molecule has 0 aliphatic heterocycles. The van der Waals surface area contributed by atoms with Gasteiger partial charge < -0.3 is 4.74 Å². The molecule has 0 unspecified atom stereocenters. The molecular formula is C22H22FNO5S2. The van der Waals surface area contributed by atoms with E-state index in [-0.39, 0.29) is 21.2 Å². The van der Waals surface area contributed by atoms with E-state index in [0.29, 0.717) is 17.7 Å². The normalized spacial score (nSPS) is 12.0. The summed E-state index contributed by atoms with van der Waals surface area (Å²) in [5.41, 5.74) is 1.25. The molecule has 1 N–H and O–H groups in total. The van der Waals surface area contributed by atoms with Crippen molar-refractivity contribution in [3.63, 3.8) is 0 Å². The fourth-order valence-corrected chi connectivity index (χ4v) is 5.76. The summed E-state index contributed by atoms with van der Waals surface area (Å²) >= 11 is 0. The molecule has 3 aromatic rings. The zero-order chi connectivity index (χ0) is 22.6. The topological polar surface area (TPSA) is 89.5 Å². The SMILES string of the molecule is COc1ccccc1CCNS(=O)(=O)c1cc(S(=O)(=O)c2ccc(F)cc2)ccc1C. The number of ether oxygens (including phenoxy) is 1. The van der Waals surface area contributed by atoms with Crippen LogP contribution in [0.25, 0.3) is 0 Å². The number of rotatable bonds is 8. The molecule has 31 heavy (non-hydrogen) atoms. The molecule has 0 fully saturated rings. The van der Waals surface area contributed by atoms with Crippen LogP contribution in [0.2, 0.25) is 0 Å². The summed E-state index contributed by atoms with van der Waals surface area (Å²) in [6.45, 7) is 1.69. The summed E-state index contributed by atoms with van der Waals surface area (Å²) < 4.78 is 72.4. The molecule has 3 aromatic carbocycles. The Morgan fingerprint density at radius 1 is 0.903 bits per heavy atom. The van der Waals surface area contributed by atoms with Gasteiger partial charge >= 0.3 is 0 Å². The zero-order valence-corrected chi connectivity index (χ0v) is 18.6. The molecule has 0 aromatic heterocycles. The van der Waals surface area contributed by atoms with Crippen LogP contribution in [0, 0.1) is 12.7 Å². The predicted octanol–water partition coefficient (Wildman–Crippen LogP) is 3.50. The molecule has 6 nitrogen and oxygen atoms in total. The number of para-hydroxylation sites is 1. The molecule has 0 heterocycles. The number of sulfone groups is 1. The maximum absolute atomic E-state index is 13.1. The summed E-state index contributed by atoms with van der Waals surface area (Å²) in [5, 5.41) is 0. The maximum Gasteiger partial charge on any atom is 0.240 e. The molecule has 0 spiro atoms. The second-order valence-electron chi connectivity index (χ2n) is 6.84. The highest BCUT2D eigenvalue weighted by Gasteiger charge is 2.23. The van der Waals surface area contributed by atoms with Gasteiger partial charge in [0.2, 0.25) is 19.9 Å². The third kappa shape index (κ3) is 5.12. The highest BCUT2D eigenvalue weighted by Crippen LogP contribution is 2.26. The van der Waals surface area contributed by atoms with E-state index in [4.69, 9.17) is 4.74 Å². The van der Waals surface area contributed by atoms with Crippen molar-refractivity contribution in [2.75, 3.05) is 13.7 Å². The van der Waals surface area contributed by atoms with Gasteiger partial charge in [-0.25, -0.2) is 25.9 Å². The van der Waals surface area contributed by atoms with E-state index < -0.39 is 25.7 Å². The fourth-order valence-electron chi connectivity index (χ4n) is 3.09. The van der Waals surface area contributed by atoms with Crippen molar-refractivity contribution in [2.24, 2.45) is 0 Å². The first-order chi connectivity index (χ1) is 14.6. The van der Waals surface area contributed by atoms with Gasteiger partial charge in [-0.2, -0.15) is 0 Å². The van der Waals surface area contributed by atoms with Gasteiger partial charge in [0.1, 0.15) is 11.6 Å². The highest BCUT2D eigenvalue weighted by atomic mass is 32.2. The van der Waals surface area contributed by atoms with Crippen LogP contribution >= 0.6 is 0 Å². The standard InChI is InChI=1S/C22H22FNO5S2/c1-16-7-10-20(30(25,26)19-11-8-18(23)9-12-19)15-22(16)31(27,28)24-14-13-17-5-3-4-6-21(17)29-2/h3-12,15,24H,13-14H2,1-2H3. The first kappa shape index (κ1) is 22.9. The van der Waals surface area contributed by atoms with Gasteiger partial charge in [-0.3, -0.25) is 0 Å². The number of halogens is 1. The lowest BCUT2D eigenvalue weighted by Gasteiger charge is -2.13. The minimum Gasteiger partial charge on any atom is -0.496 e. The van der Waals surface area contributed by atoms with E-state index in [0.717, 1.165) is 35.9 Å². The Balaban J connectivity index is 1.85. The van der Waals surface area contributed by atoms with E-state index in [9.17, 15) is 21.2 Å². The summed E-state index contributed by atoms with van der Waals surface area (Å²) in [4.78, 5) is -0.434. The molecule has 9 heteroatoms. The number of methoxy groups -OCH3 is 1. The number of hydrogen-bond donors (Lipinski definition) is 1. The number of nitrogens with one attached hydrogen (secondary N) is 1. The Morgan fingerprint density at radius 2 is 1.55 bits per heavy atom. The minimum atomic E-state index is -4.00. The molecular weight excluding hydrogens is 441 g/mol. The van der Waals surface area contributed by atoms with E-state index in [1.165, 1.54) is 12.1 Å². The van der Waals surface area contributed by atoms with E-state index >= 15 is 0 Å². The van der Waals surface area contributed by atoms with Crippen LogP contribution < -0.4 is 9.46 Å². The minimum absolute atomic E-state index is 0.108. The fraction of sp³-hybridized carbons (Fsp3) is 0.182. The smallest absolute Gasteiger partial charge is 0.240 e. The van der Waals surface area contributed by atoms with Crippen molar-refractivity contribution in [1.29, 1.82) is 0 Å². The molecule has 0 aliphatic carbocycles. The first-order valence-corrected chi connectivity index (χ1v) is 12.3. The quantitative estimate of drug-likeness (QED) is 0.517. The highest BCUT2D eigenvalue weighted by molar-refractivity contribution is 7.91. The lowest BCUT2D eigenvalue weighted by molar-refractivity contribution is 0.409. The summed E-state index contributed by atoms with van der Waals surface area (Å²) in [7, 11) is -6.43. The number of aryl methyl sites for hydroxylation is 1. The Hall–Kier alpha value is -2.75. The summed E-state index contributed by atoms with van der Waals surface area (Å²) in [5.74, 6) is 0.0932.